The number of nitrogens with zero attached hydrogens (tertiary/aromatic N) is 3. The summed E-state index contributed by atoms with van der Waals surface area (Å²) in [7, 11) is 1.54. The lowest BCUT2D eigenvalue weighted by Crippen LogP contribution is -2.14. The van der Waals surface area contributed by atoms with Gasteiger partial charge in [-0.05, 0) is 6.92 Å². The van der Waals surface area contributed by atoms with Crippen molar-refractivity contribution in [3.63, 3.8) is 0 Å². The molecule has 0 aliphatic carbocycles. The lowest BCUT2D eigenvalue weighted by molar-refractivity contribution is 0.414. The standard InChI is InChI=1S/C10H14N6OS/c1-6(10-12-3-4-18-10)15-8-7(17-2)9(16-11)14-5-13-8/h3-6H,11H2,1-2H3,(H2,13,14,15,16). The monoisotopic (exact) mass is 266 g/mol. The molecule has 0 saturated carbocycles. The number of hydrogen-bond donors (Lipinski definition) is 3. The van der Waals surface area contributed by atoms with E-state index in [1.54, 1.807) is 24.6 Å². The third kappa shape index (κ3) is 2.49. The van der Waals surface area contributed by atoms with E-state index in [2.05, 4.69) is 25.7 Å². The van der Waals surface area contributed by atoms with Crippen LogP contribution in [0.4, 0.5) is 11.6 Å². The molecule has 96 valence electrons. The van der Waals surface area contributed by atoms with E-state index in [9.17, 15) is 0 Å². The van der Waals surface area contributed by atoms with Crippen LogP contribution in [0.2, 0.25) is 0 Å². The predicted molar refractivity (Wildman–Crippen MR) is 70.5 cm³/mol. The largest absolute Gasteiger partial charge is 0.490 e. The smallest absolute Gasteiger partial charge is 0.205 e. The third-order valence-corrected chi connectivity index (χ3v) is 3.28. The van der Waals surface area contributed by atoms with Crippen LogP contribution in [0.1, 0.15) is 18.0 Å². The maximum atomic E-state index is 5.36. The minimum absolute atomic E-state index is 0.0272. The number of thiazole rings is 1. The molecule has 0 aliphatic heterocycles. The van der Waals surface area contributed by atoms with E-state index in [0.29, 0.717) is 17.4 Å². The second-order valence-electron chi connectivity index (χ2n) is 3.48. The average Bonchev–Trinajstić information content (AvgIpc) is 2.92. The van der Waals surface area contributed by atoms with Gasteiger partial charge >= 0.3 is 0 Å². The number of rotatable bonds is 5. The van der Waals surface area contributed by atoms with Gasteiger partial charge in [0.2, 0.25) is 5.75 Å². The van der Waals surface area contributed by atoms with Gasteiger partial charge in [0, 0.05) is 11.6 Å². The molecule has 0 spiro atoms. The van der Waals surface area contributed by atoms with Crippen LogP contribution in [0.5, 0.6) is 5.75 Å². The topological polar surface area (TPSA) is 98.0 Å². The quantitative estimate of drug-likeness (QED) is 0.555. The number of aromatic nitrogens is 3. The fourth-order valence-electron chi connectivity index (χ4n) is 1.49. The second-order valence-corrected chi connectivity index (χ2v) is 4.41. The molecule has 2 aromatic heterocycles. The maximum absolute atomic E-state index is 5.36. The Bertz CT molecular complexity index is 503. The molecule has 2 heterocycles. The molecule has 0 bridgehead atoms. The van der Waals surface area contributed by atoms with E-state index in [1.165, 1.54) is 6.33 Å². The summed E-state index contributed by atoms with van der Waals surface area (Å²) in [6.45, 7) is 2.00. The molecule has 0 radical (unpaired) electrons. The van der Waals surface area contributed by atoms with Crippen LogP contribution in [0.25, 0.3) is 0 Å². The highest BCUT2D eigenvalue weighted by atomic mass is 32.1. The number of nitrogens with two attached hydrogens (primary N) is 1. The van der Waals surface area contributed by atoms with Crippen molar-refractivity contribution < 1.29 is 4.74 Å². The Balaban J connectivity index is 2.23. The molecule has 1 unspecified atom stereocenters. The molecule has 7 nitrogen and oxygen atoms in total. The van der Waals surface area contributed by atoms with Crippen molar-refractivity contribution in [2.24, 2.45) is 5.84 Å². The van der Waals surface area contributed by atoms with Crippen LogP contribution in [0, 0.1) is 0 Å². The van der Waals surface area contributed by atoms with Gasteiger partial charge in [0.15, 0.2) is 11.6 Å². The first kappa shape index (κ1) is 12.5. The third-order valence-electron chi connectivity index (χ3n) is 2.32. The highest BCUT2D eigenvalue weighted by Gasteiger charge is 2.15. The first-order chi connectivity index (χ1) is 8.76. The van der Waals surface area contributed by atoms with Gasteiger partial charge in [-0.1, -0.05) is 0 Å². The zero-order chi connectivity index (χ0) is 13.0. The molecule has 1 atom stereocenters. The van der Waals surface area contributed by atoms with E-state index in [-0.39, 0.29) is 6.04 Å². The highest BCUT2D eigenvalue weighted by Crippen LogP contribution is 2.31. The average molecular weight is 266 g/mol. The van der Waals surface area contributed by atoms with Crippen molar-refractivity contribution in [3.8, 4) is 5.75 Å². The van der Waals surface area contributed by atoms with Crippen LogP contribution in [0.3, 0.4) is 0 Å². The van der Waals surface area contributed by atoms with Gasteiger partial charge in [0.1, 0.15) is 11.3 Å². The minimum Gasteiger partial charge on any atom is -0.490 e. The summed E-state index contributed by atoms with van der Waals surface area (Å²) in [5, 5.41) is 6.11. The normalized spacial score (nSPS) is 11.9. The Hall–Kier alpha value is -1.93. The molecular weight excluding hydrogens is 252 g/mol. The molecular formula is C10H14N6OS. The molecule has 4 N–H and O–H groups in total. The molecule has 0 saturated heterocycles. The van der Waals surface area contributed by atoms with Crippen LogP contribution in [-0.4, -0.2) is 22.1 Å². The van der Waals surface area contributed by atoms with Gasteiger partial charge in [-0.15, -0.1) is 11.3 Å². The second kappa shape index (κ2) is 5.61. The van der Waals surface area contributed by atoms with E-state index in [4.69, 9.17) is 10.6 Å². The molecule has 8 heteroatoms. The van der Waals surface area contributed by atoms with E-state index >= 15 is 0 Å². The Morgan fingerprint density at radius 3 is 2.72 bits per heavy atom. The fourth-order valence-corrected chi connectivity index (χ4v) is 2.13. The molecule has 0 aromatic carbocycles. The van der Waals surface area contributed by atoms with Crippen LogP contribution in [0.15, 0.2) is 17.9 Å². The molecule has 0 fully saturated rings. The summed E-state index contributed by atoms with van der Waals surface area (Å²) in [5.74, 6) is 6.84. The summed E-state index contributed by atoms with van der Waals surface area (Å²) >= 11 is 1.58. The van der Waals surface area contributed by atoms with Gasteiger partial charge in [-0.3, -0.25) is 0 Å². The zero-order valence-electron chi connectivity index (χ0n) is 10.0. The first-order valence-electron chi connectivity index (χ1n) is 5.27. The van der Waals surface area contributed by atoms with Crippen molar-refractivity contribution >= 4 is 23.0 Å². The zero-order valence-corrected chi connectivity index (χ0v) is 10.9. The van der Waals surface area contributed by atoms with Gasteiger partial charge in [0.25, 0.3) is 0 Å². The highest BCUT2D eigenvalue weighted by molar-refractivity contribution is 7.09. The Morgan fingerprint density at radius 1 is 1.33 bits per heavy atom. The Labute approximate surface area is 108 Å². The Morgan fingerprint density at radius 2 is 2.11 bits per heavy atom. The number of ether oxygens (including phenoxy) is 1. The summed E-state index contributed by atoms with van der Waals surface area (Å²) in [6.07, 6.45) is 3.18. The minimum atomic E-state index is 0.0272. The summed E-state index contributed by atoms with van der Waals surface area (Å²) in [4.78, 5) is 12.4. The number of anilines is 2. The predicted octanol–water partition coefficient (Wildman–Crippen LogP) is 1.40. The van der Waals surface area contributed by atoms with E-state index in [0.717, 1.165) is 5.01 Å². The molecule has 2 aromatic rings. The van der Waals surface area contributed by atoms with Crippen molar-refractivity contribution in [2.75, 3.05) is 17.9 Å². The molecule has 2 rings (SSSR count). The van der Waals surface area contributed by atoms with Gasteiger partial charge in [-0.2, -0.15) is 0 Å². The maximum Gasteiger partial charge on any atom is 0.205 e. The van der Waals surface area contributed by atoms with Gasteiger partial charge in [0.05, 0.1) is 13.2 Å². The van der Waals surface area contributed by atoms with Crippen LogP contribution < -0.4 is 21.3 Å². The number of methoxy groups -OCH3 is 1. The summed E-state index contributed by atoms with van der Waals surface area (Å²) in [5.41, 5.74) is 2.47. The van der Waals surface area contributed by atoms with Crippen molar-refractivity contribution in [1.29, 1.82) is 0 Å². The first-order valence-corrected chi connectivity index (χ1v) is 6.15. The fraction of sp³-hybridized carbons (Fsp3) is 0.300. The lowest BCUT2D eigenvalue weighted by Gasteiger charge is -2.15. The number of nitrogen functional groups attached to an aromatic ring is 1. The molecule has 0 aliphatic rings. The number of hydrazine groups is 1. The van der Waals surface area contributed by atoms with Crippen molar-refractivity contribution in [1.82, 2.24) is 15.0 Å². The van der Waals surface area contributed by atoms with Crippen LogP contribution in [-0.2, 0) is 0 Å². The number of hydrogen-bond acceptors (Lipinski definition) is 8. The van der Waals surface area contributed by atoms with E-state index < -0.39 is 0 Å². The Kier molecular flexibility index (Phi) is 3.90. The number of nitrogens with one attached hydrogen (secondary N) is 2. The van der Waals surface area contributed by atoms with Crippen molar-refractivity contribution in [2.45, 2.75) is 13.0 Å². The lowest BCUT2D eigenvalue weighted by atomic mass is 10.3. The summed E-state index contributed by atoms with van der Waals surface area (Å²) < 4.78 is 5.24. The van der Waals surface area contributed by atoms with Gasteiger partial charge < -0.3 is 15.5 Å². The van der Waals surface area contributed by atoms with Crippen molar-refractivity contribution in [3.05, 3.63) is 22.9 Å². The summed E-state index contributed by atoms with van der Waals surface area (Å²) in [6, 6.07) is 0.0272. The van der Waals surface area contributed by atoms with Crippen LogP contribution >= 0.6 is 11.3 Å². The molecule has 0 amide bonds. The van der Waals surface area contributed by atoms with Gasteiger partial charge in [-0.25, -0.2) is 20.8 Å². The molecule has 18 heavy (non-hydrogen) atoms. The van der Waals surface area contributed by atoms with E-state index in [1.807, 2.05) is 12.3 Å². The SMILES string of the molecule is COc1c(NN)ncnc1NC(C)c1nccs1.